The molecular formula is C16H26N2O. The Kier molecular flexibility index (Phi) is 4.46. The third kappa shape index (κ3) is 3.93. The second kappa shape index (κ2) is 5.91. The molecule has 0 aromatic carbocycles. The lowest BCUT2D eigenvalue weighted by molar-refractivity contribution is 0.0953. The summed E-state index contributed by atoms with van der Waals surface area (Å²) in [7, 11) is 0. The van der Waals surface area contributed by atoms with Gasteiger partial charge >= 0.3 is 0 Å². The number of nitrogens with zero attached hydrogens (tertiary/aromatic N) is 1. The Morgan fingerprint density at radius 1 is 1.37 bits per heavy atom. The van der Waals surface area contributed by atoms with Crippen molar-refractivity contribution in [2.24, 2.45) is 5.41 Å². The van der Waals surface area contributed by atoms with E-state index in [1.165, 1.54) is 0 Å². The highest BCUT2D eigenvalue weighted by molar-refractivity contribution is 5.94. The van der Waals surface area contributed by atoms with Crippen molar-refractivity contribution in [2.75, 3.05) is 13.1 Å². The van der Waals surface area contributed by atoms with Gasteiger partial charge in [-0.2, -0.15) is 0 Å². The van der Waals surface area contributed by atoms with Crippen LogP contribution < -0.4 is 5.32 Å². The van der Waals surface area contributed by atoms with Crippen LogP contribution in [0.4, 0.5) is 0 Å². The molecule has 2 rings (SSSR count). The van der Waals surface area contributed by atoms with E-state index in [9.17, 15) is 4.79 Å². The van der Waals surface area contributed by atoms with Gasteiger partial charge in [-0.1, -0.05) is 20.8 Å². The minimum absolute atomic E-state index is 0.224. The molecule has 1 aromatic heterocycles. The molecule has 0 unspecified atom stereocenters. The van der Waals surface area contributed by atoms with Gasteiger partial charge in [0.15, 0.2) is 5.78 Å². The summed E-state index contributed by atoms with van der Waals surface area (Å²) < 4.78 is 2.20. The molecule has 1 N–H and O–H groups in total. The van der Waals surface area contributed by atoms with Crippen molar-refractivity contribution in [3.05, 3.63) is 24.0 Å². The standard InChI is InChI=1S/C16H26N2O/c1-16(2,3)9-6-15(19)14-5-4-12-18(14)13-7-10-17-11-8-13/h4-5,12-13,17H,6-11H2,1-3H3. The van der Waals surface area contributed by atoms with Crippen LogP contribution in [0.5, 0.6) is 0 Å². The normalized spacial score (nSPS) is 17.6. The molecule has 0 aliphatic carbocycles. The fourth-order valence-electron chi connectivity index (χ4n) is 2.65. The number of rotatable bonds is 4. The highest BCUT2D eigenvalue weighted by atomic mass is 16.1. The Morgan fingerprint density at radius 2 is 2.05 bits per heavy atom. The molecule has 0 saturated carbocycles. The Balaban J connectivity index is 2.04. The highest BCUT2D eigenvalue weighted by Gasteiger charge is 2.21. The van der Waals surface area contributed by atoms with Crippen molar-refractivity contribution in [3.8, 4) is 0 Å². The largest absolute Gasteiger partial charge is 0.342 e. The van der Waals surface area contributed by atoms with E-state index >= 15 is 0 Å². The molecular weight excluding hydrogens is 236 g/mol. The number of ketones is 1. The fraction of sp³-hybridized carbons (Fsp3) is 0.688. The van der Waals surface area contributed by atoms with E-state index in [0.717, 1.165) is 38.0 Å². The molecule has 3 nitrogen and oxygen atoms in total. The summed E-state index contributed by atoms with van der Waals surface area (Å²) in [5.41, 5.74) is 1.12. The van der Waals surface area contributed by atoms with Gasteiger partial charge in [0.2, 0.25) is 0 Å². The summed E-state index contributed by atoms with van der Waals surface area (Å²) in [4.78, 5) is 12.4. The Hall–Kier alpha value is -1.09. The zero-order valence-electron chi connectivity index (χ0n) is 12.4. The molecule has 0 atom stereocenters. The minimum atomic E-state index is 0.224. The number of hydrogen-bond donors (Lipinski definition) is 1. The first-order valence-corrected chi connectivity index (χ1v) is 7.38. The molecule has 1 aliphatic rings. The van der Waals surface area contributed by atoms with Crippen molar-refractivity contribution in [1.82, 2.24) is 9.88 Å². The Labute approximate surface area is 116 Å². The maximum atomic E-state index is 12.4. The average molecular weight is 262 g/mol. The lowest BCUT2D eigenvalue weighted by Gasteiger charge is -2.26. The van der Waals surface area contributed by atoms with E-state index < -0.39 is 0 Å². The van der Waals surface area contributed by atoms with E-state index in [4.69, 9.17) is 0 Å². The van der Waals surface area contributed by atoms with Gasteiger partial charge < -0.3 is 9.88 Å². The van der Waals surface area contributed by atoms with Crippen LogP contribution in [0.15, 0.2) is 18.3 Å². The van der Waals surface area contributed by atoms with Gasteiger partial charge in [-0.05, 0) is 49.9 Å². The molecule has 3 heteroatoms. The average Bonchev–Trinajstić information content (AvgIpc) is 2.85. The van der Waals surface area contributed by atoms with Crippen LogP contribution in [0.3, 0.4) is 0 Å². The SMILES string of the molecule is CC(C)(C)CCC(=O)c1cccn1C1CCNCC1. The molecule has 0 bridgehead atoms. The van der Waals surface area contributed by atoms with Gasteiger partial charge in [-0.3, -0.25) is 4.79 Å². The number of carbonyl (C=O) groups excluding carboxylic acids is 1. The molecule has 0 radical (unpaired) electrons. The van der Waals surface area contributed by atoms with E-state index in [-0.39, 0.29) is 5.41 Å². The summed E-state index contributed by atoms with van der Waals surface area (Å²) in [5, 5.41) is 3.37. The molecule has 2 heterocycles. The summed E-state index contributed by atoms with van der Waals surface area (Å²) >= 11 is 0. The number of carbonyl (C=O) groups is 1. The predicted molar refractivity (Wildman–Crippen MR) is 78.6 cm³/mol. The first kappa shape index (κ1) is 14.3. The molecule has 1 aliphatic heterocycles. The molecule has 106 valence electrons. The summed E-state index contributed by atoms with van der Waals surface area (Å²) in [6.07, 6.45) is 5.91. The van der Waals surface area contributed by atoms with Crippen LogP contribution >= 0.6 is 0 Å². The van der Waals surface area contributed by atoms with Gasteiger partial charge in [0.1, 0.15) is 0 Å². The van der Waals surface area contributed by atoms with Gasteiger partial charge in [-0.25, -0.2) is 0 Å². The van der Waals surface area contributed by atoms with Gasteiger partial charge in [0, 0.05) is 18.7 Å². The topological polar surface area (TPSA) is 34.0 Å². The van der Waals surface area contributed by atoms with Crippen molar-refractivity contribution in [1.29, 1.82) is 0 Å². The third-order valence-corrected chi connectivity index (χ3v) is 3.87. The smallest absolute Gasteiger partial charge is 0.179 e. The summed E-state index contributed by atoms with van der Waals surface area (Å²) in [6.45, 7) is 8.67. The van der Waals surface area contributed by atoms with Crippen molar-refractivity contribution in [2.45, 2.75) is 52.5 Å². The zero-order valence-corrected chi connectivity index (χ0v) is 12.4. The first-order valence-electron chi connectivity index (χ1n) is 7.38. The van der Waals surface area contributed by atoms with Crippen LogP contribution in [-0.2, 0) is 0 Å². The maximum Gasteiger partial charge on any atom is 0.179 e. The van der Waals surface area contributed by atoms with Crippen LogP contribution in [0, 0.1) is 5.41 Å². The number of nitrogens with one attached hydrogen (secondary N) is 1. The molecule has 0 spiro atoms. The second-order valence-corrected chi connectivity index (χ2v) is 6.77. The van der Waals surface area contributed by atoms with Crippen LogP contribution in [0.1, 0.15) is 63.0 Å². The summed E-state index contributed by atoms with van der Waals surface area (Å²) in [6, 6.07) is 4.48. The Bertz CT molecular complexity index is 422. The maximum absolute atomic E-state index is 12.4. The van der Waals surface area contributed by atoms with E-state index in [1.54, 1.807) is 0 Å². The molecule has 1 fully saturated rings. The highest BCUT2D eigenvalue weighted by Crippen LogP contribution is 2.25. The molecule has 0 amide bonds. The summed E-state index contributed by atoms with van der Waals surface area (Å²) in [5.74, 6) is 0.290. The lowest BCUT2D eigenvalue weighted by Crippen LogP contribution is -2.30. The third-order valence-electron chi connectivity index (χ3n) is 3.87. The number of aromatic nitrogens is 1. The molecule has 19 heavy (non-hydrogen) atoms. The van der Waals surface area contributed by atoms with E-state index in [0.29, 0.717) is 18.2 Å². The van der Waals surface area contributed by atoms with Crippen LogP contribution in [0.2, 0.25) is 0 Å². The monoisotopic (exact) mass is 262 g/mol. The van der Waals surface area contributed by atoms with Crippen LogP contribution in [0.25, 0.3) is 0 Å². The Morgan fingerprint density at radius 3 is 2.68 bits per heavy atom. The van der Waals surface area contributed by atoms with E-state index in [1.807, 2.05) is 12.1 Å². The number of piperidine rings is 1. The minimum Gasteiger partial charge on any atom is -0.342 e. The van der Waals surface area contributed by atoms with Gasteiger partial charge in [0.05, 0.1) is 5.69 Å². The van der Waals surface area contributed by atoms with Crippen molar-refractivity contribution >= 4 is 5.78 Å². The predicted octanol–water partition coefficient (Wildman–Crippen LogP) is 3.42. The van der Waals surface area contributed by atoms with Gasteiger partial charge in [0.25, 0.3) is 0 Å². The number of Topliss-reactive ketones (excluding diaryl/α,β-unsaturated/α-hetero) is 1. The quantitative estimate of drug-likeness (QED) is 0.844. The molecule has 1 saturated heterocycles. The fourth-order valence-corrected chi connectivity index (χ4v) is 2.65. The number of hydrogen-bond acceptors (Lipinski definition) is 2. The van der Waals surface area contributed by atoms with E-state index in [2.05, 4.69) is 36.9 Å². The van der Waals surface area contributed by atoms with Crippen molar-refractivity contribution in [3.63, 3.8) is 0 Å². The lowest BCUT2D eigenvalue weighted by atomic mass is 9.89. The van der Waals surface area contributed by atoms with Gasteiger partial charge in [-0.15, -0.1) is 0 Å². The van der Waals surface area contributed by atoms with Crippen LogP contribution in [-0.4, -0.2) is 23.4 Å². The van der Waals surface area contributed by atoms with Crippen molar-refractivity contribution < 1.29 is 4.79 Å². The molecule has 1 aromatic rings. The first-order chi connectivity index (χ1) is 8.97. The zero-order chi connectivity index (χ0) is 13.9. The second-order valence-electron chi connectivity index (χ2n) is 6.77.